The van der Waals surface area contributed by atoms with Crippen LogP contribution in [0.5, 0.6) is 0 Å². The summed E-state index contributed by atoms with van der Waals surface area (Å²) in [4.78, 5) is 5.91. The number of thiazole rings is 1. The molecule has 4 rings (SSSR count). The molecule has 2 aromatic heterocycles. The van der Waals surface area contributed by atoms with Crippen LogP contribution in [0, 0.1) is 6.92 Å². The summed E-state index contributed by atoms with van der Waals surface area (Å²) >= 11 is 3.41. The van der Waals surface area contributed by atoms with Gasteiger partial charge in [-0.05, 0) is 35.9 Å². The molecule has 1 aromatic carbocycles. The van der Waals surface area contributed by atoms with Crippen molar-refractivity contribution in [3.63, 3.8) is 0 Å². The van der Waals surface area contributed by atoms with Crippen LogP contribution in [0.4, 0.5) is 5.13 Å². The second kappa shape index (κ2) is 6.49. The van der Waals surface area contributed by atoms with Crippen LogP contribution in [0.1, 0.15) is 41.1 Å². The van der Waals surface area contributed by atoms with Crippen molar-refractivity contribution >= 4 is 33.5 Å². The summed E-state index contributed by atoms with van der Waals surface area (Å²) < 4.78 is 0. The molecule has 122 valence electrons. The van der Waals surface area contributed by atoms with Crippen LogP contribution < -0.4 is 5.01 Å². The maximum absolute atomic E-state index is 4.92. The minimum absolute atomic E-state index is 0.221. The molecule has 1 aliphatic heterocycles. The zero-order valence-electron chi connectivity index (χ0n) is 13.8. The number of nitrogens with zero attached hydrogens (tertiary/aromatic N) is 3. The van der Waals surface area contributed by atoms with E-state index in [9.17, 15) is 0 Å². The van der Waals surface area contributed by atoms with E-state index in [1.165, 1.54) is 16.0 Å². The molecule has 3 heterocycles. The van der Waals surface area contributed by atoms with Crippen molar-refractivity contribution in [2.24, 2.45) is 5.10 Å². The fourth-order valence-corrected chi connectivity index (χ4v) is 4.48. The summed E-state index contributed by atoms with van der Waals surface area (Å²) in [5.41, 5.74) is 4.88. The van der Waals surface area contributed by atoms with E-state index in [4.69, 9.17) is 5.10 Å². The van der Waals surface area contributed by atoms with E-state index >= 15 is 0 Å². The van der Waals surface area contributed by atoms with E-state index in [1.807, 2.05) is 6.92 Å². The topological polar surface area (TPSA) is 28.5 Å². The summed E-state index contributed by atoms with van der Waals surface area (Å²) in [5, 5.41) is 12.2. The maximum Gasteiger partial charge on any atom is 0.206 e. The van der Waals surface area contributed by atoms with Gasteiger partial charge in [0.25, 0.3) is 0 Å². The molecule has 24 heavy (non-hydrogen) atoms. The maximum atomic E-state index is 4.92. The van der Waals surface area contributed by atoms with Crippen LogP contribution in [0.2, 0.25) is 0 Å². The molecule has 0 amide bonds. The van der Waals surface area contributed by atoms with Gasteiger partial charge in [0.1, 0.15) is 0 Å². The van der Waals surface area contributed by atoms with Gasteiger partial charge in [0, 0.05) is 11.8 Å². The second-order valence-corrected chi connectivity index (χ2v) is 7.74. The third-order valence-electron chi connectivity index (χ3n) is 4.29. The number of thiophene rings is 1. The average molecular weight is 354 g/mol. The van der Waals surface area contributed by atoms with E-state index in [2.05, 4.69) is 64.1 Å². The first-order valence-electron chi connectivity index (χ1n) is 8.16. The van der Waals surface area contributed by atoms with Crippen molar-refractivity contribution in [3.8, 4) is 0 Å². The average Bonchev–Trinajstić information content (AvgIpc) is 3.34. The first-order chi connectivity index (χ1) is 11.7. The van der Waals surface area contributed by atoms with Gasteiger partial charge in [-0.2, -0.15) is 5.10 Å². The Kier molecular flexibility index (Phi) is 4.21. The summed E-state index contributed by atoms with van der Waals surface area (Å²) in [6.07, 6.45) is 1.99. The summed E-state index contributed by atoms with van der Waals surface area (Å²) in [5.74, 6) is 0. The molecule has 0 fully saturated rings. The van der Waals surface area contributed by atoms with Crippen LogP contribution in [0.3, 0.4) is 0 Å². The predicted molar refractivity (Wildman–Crippen MR) is 103 cm³/mol. The zero-order chi connectivity index (χ0) is 16.5. The molecular formula is C19H19N3S2. The number of benzene rings is 1. The van der Waals surface area contributed by atoms with Crippen molar-refractivity contribution in [2.75, 3.05) is 5.01 Å². The molecule has 3 nitrogen and oxygen atoms in total. The predicted octanol–water partition coefficient (Wildman–Crippen LogP) is 5.43. The van der Waals surface area contributed by atoms with Gasteiger partial charge in [0.2, 0.25) is 5.13 Å². The number of aryl methyl sites for hydroxylation is 2. The number of hydrazone groups is 1. The Morgan fingerprint density at radius 3 is 2.62 bits per heavy atom. The molecule has 3 aromatic rings. The van der Waals surface area contributed by atoms with Crippen LogP contribution in [-0.4, -0.2) is 10.7 Å². The fraction of sp³-hybridized carbons (Fsp3) is 0.263. The van der Waals surface area contributed by atoms with Crippen molar-refractivity contribution in [1.82, 2.24) is 4.98 Å². The van der Waals surface area contributed by atoms with Gasteiger partial charge in [-0.15, -0.1) is 22.7 Å². The summed E-state index contributed by atoms with van der Waals surface area (Å²) in [6, 6.07) is 13.4. The number of anilines is 1. The molecule has 0 saturated heterocycles. The molecule has 0 aliphatic carbocycles. The highest BCUT2D eigenvalue weighted by Gasteiger charge is 2.31. The van der Waals surface area contributed by atoms with Gasteiger partial charge >= 0.3 is 0 Å². The molecule has 5 heteroatoms. The number of aromatic nitrogens is 1. The fourth-order valence-electron chi connectivity index (χ4n) is 2.96. The lowest BCUT2D eigenvalue weighted by atomic mass is 9.99. The van der Waals surface area contributed by atoms with Gasteiger partial charge in [-0.3, -0.25) is 0 Å². The van der Waals surface area contributed by atoms with E-state index in [0.29, 0.717) is 0 Å². The first-order valence-corrected chi connectivity index (χ1v) is 9.92. The van der Waals surface area contributed by atoms with Gasteiger partial charge in [0.05, 0.1) is 22.3 Å². The zero-order valence-corrected chi connectivity index (χ0v) is 15.4. The lowest BCUT2D eigenvalue weighted by molar-refractivity contribution is 0.705. The molecule has 1 atom stereocenters. The van der Waals surface area contributed by atoms with Crippen LogP contribution in [0.15, 0.2) is 52.3 Å². The van der Waals surface area contributed by atoms with E-state index in [0.717, 1.165) is 29.4 Å². The lowest BCUT2D eigenvalue weighted by Crippen LogP contribution is -2.18. The summed E-state index contributed by atoms with van der Waals surface area (Å²) in [6.45, 7) is 4.22. The Hall–Kier alpha value is -1.98. The van der Waals surface area contributed by atoms with E-state index < -0.39 is 0 Å². The molecule has 0 spiro atoms. The van der Waals surface area contributed by atoms with Crippen LogP contribution in [0.25, 0.3) is 0 Å². The molecule has 0 saturated carbocycles. The second-order valence-electron chi connectivity index (χ2n) is 5.96. The Morgan fingerprint density at radius 1 is 1.17 bits per heavy atom. The van der Waals surface area contributed by atoms with Crippen molar-refractivity contribution < 1.29 is 0 Å². The third-order valence-corrected chi connectivity index (χ3v) is 6.16. The summed E-state index contributed by atoms with van der Waals surface area (Å²) in [7, 11) is 0. The molecule has 1 unspecified atom stereocenters. The number of hydrogen-bond donors (Lipinski definition) is 0. The number of hydrogen-bond acceptors (Lipinski definition) is 5. The van der Waals surface area contributed by atoms with E-state index in [1.54, 1.807) is 22.7 Å². The smallest absolute Gasteiger partial charge is 0.206 e. The Morgan fingerprint density at radius 2 is 2.00 bits per heavy atom. The van der Waals surface area contributed by atoms with Gasteiger partial charge in [0.15, 0.2) is 0 Å². The van der Waals surface area contributed by atoms with Gasteiger partial charge in [-0.25, -0.2) is 9.99 Å². The Bertz CT molecular complexity index is 847. The normalized spacial score (nSPS) is 17.3. The molecule has 0 bridgehead atoms. The largest absolute Gasteiger partial charge is 0.231 e. The Balaban J connectivity index is 1.71. The number of rotatable bonds is 4. The van der Waals surface area contributed by atoms with Crippen molar-refractivity contribution in [1.29, 1.82) is 0 Å². The highest BCUT2D eigenvalue weighted by Crippen LogP contribution is 2.38. The minimum Gasteiger partial charge on any atom is -0.231 e. The molecule has 1 aliphatic rings. The SMILES string of the molecule is CCc1ccc(C2CC(c3cccs3)=NN2c2nc(C)cs2)cc1. The first kappa shape index (κ1) is 15.5. The molecule has 0 radical (unpaired) electrons. The van der Waals surface area contributed by atoms with Crippen LogP contribution in [-0.2, 0) is 6.42 Å². The van der Waals surface area contributed by atoms with Crippen molar-refractivity contribution in [3.05, 3.63) is 68.9 Å². The van der Waals surface area contributed by atoms with E-state index in [-0.39, 0.29) is 6.04 Å². The standard InChI is InChI=1S/C19H19N3S2/c1-3-14-6-8-15(9-7-14)17-11-16(18-5-4-10-23-18)21-22(17)19-20-13(2)12-24-19/h4-10,12,17H,3,11H2,1-2H3. The lowest BCUT2D eigenvalue weighted by Gasteiger charge is -2.21. The highest BCUT2D eigenvalue weighted by molar-refractivity contribution is 7.13. The third kappa shape index (κ3) is 2.89. The Labute approximate surface area is 150 Å². The highest BCUT2D eigenvalue weighted by atomic mass is 32.1. The molecular weight excluding hydrogens is 334 g/mol. The van der Waals surface area contributed by atoms with Gasteiger partial charge in [-0.1, -0.05) is 37.3 Å². The van der Waals surface area contributed by atoms with Crippen molar-refractivity contribution in [2.45, 2.75) is 32.7 Å². The van der Waals surface area contributed by atoms with Crippen LogP contribution >= 0.6 is 22.7 Å². The molecule has 0 N–H and O–H groups in total. The monoisotopic (exact) mass is 353 g/mol. The quantitative estimate of drug-likeness (QED) is 0.625. The van der Waals surface area contributed by atoms with Gasteiger partial charge < -0.3 is 0 Å². The minimum atomic E-state index is 0.221.